The first-order valence-electron chi connectivity index (χ1n) is 18.1. The second-order valence-corrected chi connectivity index (χ2v) is 13.7. The minimum Gasteiger partial charge on any atom is -0.456 e. The van der Waals surface area contributed by atoms with Crippen molar-refractivity contribution in [2.75, 3.05) is 4.90 Å². The molecule has 0 atom stereocenters. The Kier molecular flexibility index (Phi) is 6.55. The van der Waals surface area contributed by atoms with Crippen molar-refractivity contribution in [3.05, 3.63) is 194 Å². The van der Waals surface area contributed by atoms with Crippen molar-refractivity contribution in [3.8, 4) is 16.8 Å². The Morgan fingerprint density at radius 2 is 1.09 bits per heavy atom. The average molecular weight is 677 g/mol. The van der Waals surface area contributed by atoms with Crippen LogP contribution in [-0.2, 0) is 0 Å². The summed E-state index contributed by atoms with van der Waals surface area (Å²) in [4.78, 5) is 2.39. The molecule has 0 spiro atoms. The fraction of sp³-hybridized carbons (Fsp3) is 0. The lowest BCUT2D eigenvalue weighted by molar-refractivity contribution is 0.669. The highest BCUT2D eigenvalue weighted by Gasteiger charge is 2.21. The lowest BCUT2D eigenvalue weighted by atomic mass is 9.94. The Balaban J connectivity index is 1.18. The summed E-state index contributed by atoms with van der Waals surface area (Å²) in [6.45, 7) is 0. The van der Waals surface area contributed by atoms with Gasteiger partial charge in [-0.05, 0) is 87.9 Å². The number of nitrogens with zero attached hydrogens (tertiary/aromatic N) is 2. The standard InChI is InChI=1S/C50H32N2O/c1-2-13-34(14-3-1)40-23-10-17-35-27-29-46-50(49(35)40)42-22-6-8-24-45(42)52(46)37-19-12-18-36(31-37)51(44-25-11-16-33-15-4-5-20-39(33)44)38-28-30-48-43(32-38)41-21-7-9-26-47(41)53-48/h1-32H. The predicted molar refractivity (Wildman–Crippen MR) is 223 cm³/mol. The van der Waals surface area contributed by atoms with Gasteiger partial charge in [0.25, 0.3) is 0 Å². The molecule has 0 aliphatic carbocycles. The van der Waals surface area contributed by atoms with E-state index >= 15 is 0 Å². The molecule has 11 aromatic rings. The van der Waals surface area contributed by atoms with Gasteiger partial charge >= 0.3 is 0 Å². The third kappa shape index (κ3) is 4.61. The molecule has 53 heavy (non-hydrogen) atoms. The van der Waals surface area contributed by atoms with Crippen LogP contribution >= 0.6 is 0 Å². The van der Waals surface area contributed by atoms with Gasteiger partial charge < -0.3 is 13.9 Å². The second kappa shape index (κ2) is 11.7. The molecule has 0 saturated heterocycles. The molecule has 0 aliphatic heterocycles. The predicted octanol–water partition coefficient (Wildman–Crippen LogP) is 14.1. The maximum absolute atomic E-state index is 6.26. The minimum absolute atomic E-state index is 0.883. The highest BCUT2D eigenvalue weighted by Crippen LogP contribution is 2.44. The van der Waals surface area contributed by atoms with Crippen LogP contribution in [0.4, 0.5) is 17.1 Å². The molecule has 3 heteroatoms. The van der Waals surface area contributed by atoms with Gasteiger partial charge in [-0.3, -0.25) is 0 Å². The molecule has 0 unspecified atom stereocenters. The molecule has 0 radical (unpaired) electrons. The van der Waals surface area contributed by atoms with Crippen LogP contribution in [0.2, 0.25) is 0 Å². The summed E-state index contributed by atoms with van der Waals surface area (Å²) in [7, 11) is 0. The molecule has 2 heterocycles. The lowest BCUT2D eigenvalue weighted by Crippen LogP contribution is -2.11. The topological polar surface area (TPSA) is 21.3 Å². The summed E-state index contributed by atoms with van der Waals surface area (Å²) in [5, 5.41) is 9.63. The van der Waals surface area contributed by atoms with Crippen LogP contribution in [0.1, 0.15) is 0 Å². The molecule has 0 saturated carbocycles. The molecular weight excluding hydrogens is 645 g/mol. The zero-order valence-electron chi connectivity index (χ0n) is 28.8. The van der Waals surface area contributed by atoms with Crippen LogP contribution < -0.4 is 4.90 Å². The molecule has 3 nitrogen and oxygen atoms in total. The van der Waals surface area contributed by atoms with Gasteiger partial charge in [0.05, 0.1) is 16.7 Å². The SMILES string of the molecule is c1ccc(-c2cccc3ccc4c(c5ccccc5n4-c4cccc(N(c5ccc6oc7ccccc7c6c5)c5cccc6ccccc56)c4)c23)cc1. The van der Waals surface area contributed by atoms with Crippen molar-refractivity contribution in [1.29, 1.82) is 0 Å². The van der Waals surface area contributed by atoms with E-state index in [0.29, 0.717) is 0 Å². The van der Waals surface area contributed by atoms with E-state index in [2.05, 4.69) is 191 Å². The first-order chi connectivity index (χ1) is 26.3. The summed E-state index contributed by atoms with van der Waals surface area (Å²) >= 11 is 0. The average Bonchev–Trinajstić information content (AvgIpc) is 3.77. The maximum atomic E-state index is 6.26. The Bertz CT molecular complexity index is 3180. The molecule has 0 N–H and O–H groups in total. The number of anilines is 3. The van der Waals surface area contributed by atoms with E-state index in [1.54, 1.807) is 0 Å². The summed E-state index contributed by atoms with van der Waals surface area (Å²) in [6, 6.07) is 69.8. The Morgan fingerprint density at radius 1 is 0.396 bits per heavy atom. The number of aromatic nitrogens is 1. The first-order valence-corrected chi connectivity index (χ1v) is 18.1. The van der Waals surface area contributed by atoms with Crippen molar-refractivity contribution in [3.63, 3.8) is 0 Å². The Morgan fingerprint density at radius 3 is 2.02 bits per heavy atom. The molecule has 9 aromatic carbocycles. The monoisotopic (exact) mass is 676 g/mol. The number of rotatable bonds is 5. The molecular formula is C50H32N2O. The number of hydrogen-bond donors (Lipinski definition) is 0. The fourth-order valence-corrected chi connectivity index (χ4v) is 8.43. The smallest absolute Gasteiger partial charge is 0.135 e. The zero-order chi connectivity index (χ0) is 34.9. The van der Waals surface area contributed by atoms with E-state index in [0.717, 1.165) is 44.7 Å². The molecule has 0 aliphatic rings. The third-order valence-electron chi connectivity index (χ3n) is 10.7. The van der Waals surface area contributed by atoms with Gasteiger partial charge in [0.1, 0.15) is 11.2 Å². The van der Waals surface area contributed by atoms with Crippen molar-refractivity contribution in [1.82, 2.24) is 4.57 Å². The van der Waals surface area contributed by atoms with Gasteiger partial charge in [0.2, 0.25) is 0 Å². The van der Waals surface area contributed by atoms with Crippen molar-refractivity contribution in [2.45, 2.75) is 0 Å². The van der Waals surface area contributed by atoms with Crippen LogP contribution in [0, 0.1) is 0 Å². The molecule has 248 valence electrons. The molecule has 11 rings (SSSR count). The van der Waals surface area contributed by atoms with Crippen molar-refractivity contribution < 1.29 is 4.42 Å². The van der Waals surface area contributed by atoms with E-state index in [-0.39, 0.29) is 0 Å². The Labute approximate surface area is 306 Å². The minimum atomic E-state index is 0.883. The van der Waals surface area contributed by atoms with Crippen LogP contribution in [0.3, 0.4) is 0 Å². The highest BCUT2D eigenvalue weighted by atomic mass is 16.3. The van der Waals surface area contributed by atoms with Crippen LogP contribution in [-0.4, -0.2) is 4.57 Å². The summed E-state index contributed by atoms with van der Waals surface area (Å²) in [6.07, 6.45) is 0. The second-order valence-electron chi connectivity index (χ2n) is 13.7. The number of benzene rings is 9. The molecule has 0 bridgehead atoms. The summed E-state index contributed by atoms with van der Waals surface area (Å²) in [5.41, 5.74) is 11.0. The van der Waals surface area contributed by atoms with E-state index in [1.165, 1.54) is 54.5 Å². The number of furan rings is 1. The van der Waals surface area contributed by atoms with Crippen LogP contribution in [0.25, 0.3) is 82.1 Å². The first kappa shape index (κ1) is 29.6. The van der Waals surface area contributed by atoms with Crippen LogP contribution in [0.5, 0.6) is 0 Å². The maximum Gasteiger partial charge on any atom is 0.135 e. The van der Waals surface area contributed by atoms with E-state index in [4.69, 9.17) is 4.42 Å². The number of fused-ring (bicyclic) bond motifs is 9. The zero-order valence-corrected chi connectivity index (χ0v) is 28.8. The van der Waals surface area contributed by atoms with Gasteiger partial charge in [0, 0.05) is 44.0 Å². The van der Waals surface area contributed by atoms with Gasteiger partial charge in [0.15, 0.2) is 0 Å². The van der Waals surface area contributed by atoms with Gasteiger partial charge in [-0.25, -0.2) is 0 Å². The van der Waals surface area contributed by atoms with E-state index in [1.807, 2.05) is 12.1 Å². The quantitative estimate of drug-likeness (QED) is 0.181. The normalized spacial score (nSPS) is 11.8. The summed E-state index contributed by atoms with van der Waals surface area (Å²) < 4.78 is 8.70. The largest absolute Gasteiger partial charge is 0.456 e. The lowest BCUT2D eigenvalue weighted by Gasteiger charge is -2.27. The summed E-state index contributed by atoms with van der Waals surface area (Å²) in [5.74, 6) is 0. The number of para-hydroxylation sites is 2. The van der Waals surface area contributed by atoms with Gasteiger partial charge in [-0.2, -0.15) is 0 Å². The van der Waals surface area contributed by atoms with E-state index in [9.17, 15) is 0 Å². The Hall–Kier alpha value is -7.10. The van der Waals surface area contributed by atoms with Gasteiger partial charge in [-0.15, -0.1) is 0 Å². The van der Waals surface area contributed by atoms with Crippen LogP contribution in [0.15, 0.2) is 199 Å². The number of hydrogen-bond acceptors (Lipinski definition) is 2. The van der Waals surface area contributed by atoms with Crippen molar-refractivity contribution in [2.24, 2.45) is 0 Å². The van der Waals surface area contributed by atoms with E-state index < -0.39 is 0 Å². The molecule has 0 fully saturated rings. The molecule has 0 amide bonds. The highest BCUT2D eigenvalue weighted by molar-refractivity contribution is 6.25. The van der Waals surface area contributed by atoms with Gasteiger partial charge in [-0.1, -0.05) is 133 Å². The molecule has 2 aromatic heterocycles. The van der Waals surface area contributed by atoms with Crippen molar-refractivity contribution >= 4 is 82.4 Å². The fourth-order valence-electron chi connectivity index (χ4n) is 8.43. The third-order valence-corrected chi connectivity index (χ3v) is 10.7.